The van der Waals surface area contributed by atoms with E-state index in [4.69, 9.17) is 16.0 Å². The number of imidazole rings is 1. The smallest absolute Gasteiger partial charge is 0.420 e. The molecule has 0 radical (unpaired) electrons. The standard InChI is InChI=1S/C19H14ClF3N4O2/c1-26-6-2-4-12(26)9-24-18(28)15-16(20)27-10-11(14-5-3-7-29-14)8-13(17(27)25-15)19(21,22)23/h2-8,10H,9H2,1H3,(H,24,28). The van der Waals surface area contributed by atoms with Crippen LogP contribution in [-0.2, 0) is 19.8 Å². The Balaban J connectivity index is 1.77. The number of nitrogens with one attached hydrogen (secondary N) is 1. The molecule has 0 aromatic carbocycles. The van der Waals surface area contributed by atoms with Crippen LogP contribution in [0.2, 0.25) is 5.15 Å². The summed E-state index contributed by atoms with van der Waals surface area (Å²) in [5.74, 6) is -0.440. The topological polar surface area (TPSA) is 64.5 Å². The maximum atomic E-state index is 13.6. The van der Waals surface area contributed by atoms with Gasteiger partial charge in [-0.3, -0.25) is 9.20 Å². The average molecular weight is 423 g/mol. The number of nitrogens with zero attached hydrogens (tertiary/aromatic N) is 3. The number of hydrogen-bond donors (Lipinski definition) is 1. The Bertz CT molecular complexity index is 1190. The van der Waals surface area contributed by atoms with Crippen LogP contribution >= 0.6 is 11.6 Å². The molecule has 4 aromatic heterocycles. The van der Waals surface area contributed by atoms with Crippen molar-refractivity contribution in [2.75, 3.05) is 0 Å². The lowest BCUT2D eigenvalue weighted by Gasteiger charge is -2.10. The number of aryl methyl sites for hydroxylation is 1. The van der Waals surface area contributed by atoms with E-state index in [1.807, 2.05) is 29.9 Å². The van der Waals surface area contributed by atoms with Crippen LogP contribution in [0, 0.1) is 0 Å². The fraction of sp³-hybridized carbons (Fsp3) is 0.158. The molecule has 4 aromatic rings. The van der Waals surface area contributed by atoms with Gasteiger partial charge in [0, 0.05) is 30.7 Å². The first kappa shape index (κ1) is 19.1. The summed E-state index contributed by atoms with van der Waals surface area (Å²) < 4.78 is 48.9. The number of fused-ring (bicyclic) bond motifs is 1. The number of carbonyl (C=O) groups excluding carboxylic acids is 1. The Morgan fingerprint density at radius 3 is 2.72 bits per heavy atom. The van der Waals surface area contributed by atoms with Gasteiger partial charge in [-0.25, -0.2) is 4.98 Å². The van der Waals surface area contributed by atoms with Crippen LogP contribution in [0.3, 0.4) is 0 Å². The molecule has 0 saturated carbocycles. The van der Waals surface area contributed by atoms with Gasteiger partial charge in [0.1, 0.15) is 10.9 Å². The molecule has 0 aliphatic rings. The zero-order chi connectivity index (χ0) is 20.8. The highest BCUT2D eigenvalue weighted by Crippen LogP contribution is 2.37. The fourth-order valence-corrected chi connectivity index (χ4v) is 3.24. The molecular weight excluding hydrogens is 409 g/mol. The zero-order valence-electron chi connectivity index (χ0n) is 15.0. The third kappa shape index (κ3) is 3.49. The Kier molecular flexibility index (Phi) is 4.62. The fourth-order valence-electron chi connectivity index (χ4n) is 2.98. The summed E-state index contributed by atoms with van der Waals surface area (Å²) in [4.78, 5) is 16.4. The molecule has 0 unspecified atom stereocenters. The number of halogens is 4. The van der Waals surface area contributed by atoms with E-state index < -0.39 is 23.3 Å². The van der Waals surface area contributed by atoms with E-state index in [9.17, 15) is 18.0 Å². The second-order valence-electron chi connectivity index (χ2n) is 6.36. The lowest BCUT2D eigenvalue weighted by atomic mass is 10.1. The minimum absolute atomic E-state index is 0.157. The Morgan fingerprint density at radius 1 is 1.31 bits per heavy atom. The van der Waals surface area contributed by atoms with Crippen molar-refractivity contribution in [1.82, 2.24) is 19.3 Å². The van der Waals surface area contributed by atoms with E-state index in [1.54, 1.807) is 6.07 Å². The summed E-state index contributed by atoms with van der Waals surface area (Å²) in [7, 11) is 1.81. The van der Waals surface area contributed by atoms with Crippen LogP contribution in [0.1, 0.15) is 21.7 Å². The number of aromatic nitrogens is 3. The first-order chi connectivity index (χ1) is 13.8. The summed E-state index contributed by atoms with van der Waals surface area (Å²) in [6.07, 6.45) is -0.183. The van der Waals surface area contributed by atoms with E-state index >= 15 is 0 Å². The predicted molar refractivity (Wildman–Crippen MR) is 99.5 cm³/mol. The van der Waals surface area contributed by atoms with Crippen LogP contribution in [-0.4, -0.2) is 19.9 Å². The summed E-state index contributed by atoms with van der Waals surface area (Å²) >= 11 is 6.24. The van der Waals surface area contributed by atoms with E-state index in [1.165, 1.54) is 18.5 Å². The van der Waals surface area contributed by atoms with Crippen LogP contribution in [0.4, 0.5) is 13.2 Å². The first-order valence-corrected chi connectivity index (χ1v) is 8.84. The molecule has 10 heteroatoms. The first-order valence-electron chi connectivity index (χ1n) is 8.47. The number of hydrogen-bond acceptors (Lipinski definition) is 3. The van der Waals surface area contributed by atoms with Gasteiger partial charge >= 0.3 is 6.18 Å². The Labute approximate surface area is 167 Å². The summed E-state index contributed by atoms with van der Waals surface area (Å²) in [6, 6.07) is 7.63. The second kappa shape index (κ2) is 7.00. The average Bonchev–Trinajstić information content (AvgIpc) is 3.39. The van der Waals surface area contributed by atoms with E-state index in [2.05, 4.69) is 10.3 Å². The van der Waals surface area contributed by atoms with Gasteiger partial charge in [0.25, 0.3) is 5.91 Å². The summed E-state index contributed by atoms with van der Waals surface area (Å²) in [5, 5.41) is 2.41. The van der Waals surface area contributed by atoms with Crippen molar-refractivity contribution < 1.29 is 22.4 Å². The van der Waals surface area contributed by atoms with Crippen molar-refractivity contribution in [3.63, 3.8) is 0 Å². The molecule has 0 atom stereocenters. The molecule has 0 bridgehead atoms. The van der Waals surface area contributed by atoms with Crippen molar-refractivity contribution in [2.24, 2.45) is 7.05 Å². The SMILES string of the molecule is Cn1cccc1CNC(=O)c1nc2c(C(F)(F)F)cc(-c3ccco3)cn2c1Cl. The molecule has 4 rings (SSSR count). The zero-order valence-corrected chi connectivity index (χ0v) is 15.8. The van der Waals surface area contributed by atoms with Crippen molar-refractivity contribution in [2.45, 2.75) is 12.7 Å². The quantitative estimate of drug-likeness (QED) is 0.525. The van der Waals surface area contributed by atoms with Gasteiger partial charge in [-0.05, 0) is 30.3 Å². The molecule has 0 saturated heterocycles. The largest absolute Gasteiger partial charge is 0.464 e. The highest BCUT2D eigenvalue weighted by molar-refractivity contribution is 6.33. The molecule has 6 nitrogen and oxygen atoms in total. The molecule has 29 heavy (non-hydrogen) atoms. The van der Waals surface area contributed by atoms with Gasteiger partial charge in [0.2, 0.25) is 0 Å². The van der Waals surface area contributed by atoms with E-state index in [0.29, 0.717) is 0 Å². The second-order valence-corrected chi connectivity index (χ2v) is 6.71. The van der Waals surface area contributed by atoms with Gasteiger partial charge in [-0.2, -0.15) is 13.2 Å². The third-order valence-electron chi connectivity index (χ3n) is 4.47. The number of alkyl halides is 3. The van der Waals surface area contributed by atoms with Gasteiger partial charge in [0.05, 0.1) is 18.4 Å². The van der Waals surface area contributed by atoms with E-state index in [-0.39, 0.29) is 28.7 Å². The maximum Gasteiger partial charge on any atom is 0.420 e. The van der Waals surface area contributed by atoms with Crippen LogP contribution in [0.15, 0.2) is 53.4 Å². The highest BCUT2D eigenvalue weighted by Gasteiger charge is 2.36. The molecule has 4 heterocycles. The Morgan fingerprint density at radius 2 is 2.10 bits per heavy atom. The molecule has 0 spiro atoms. The third-order valence-corrected chi connectivity index (χ3v) is 4.83. The predicted octanol–water partition coefficient (Wildman–Crippen LogP) is 4.54. The van der Waals surface area contributed by atoms with Crippen LogP contribution < -0.4 is 5.32 Å². The van der Waals surface area contributed by atoms with E-state index in [0.717, 1.165) is 16.2 Å². The van der Waals surface area contributed by atoms with Crippen LogP contribution in [0.25, 0.3) is 17.0 Å². The molecule has 0 aliphatic carbocycles. The monoisotopic (exact) mass is 422 g/mol. The summed E-state index contributed by atoms with van der Waals surface area (Å²) in [5.41, 5.74) is -0.793. The number of pyridine rings is 1. The number of amides is 1. The molecular formula is C19H14ClF3N4O2. The molecule has 150 valence electrons. The van der Waals surface area contributed by atoms with Gasteiger partial charge in [-0.1, -0.05) is 11.6 Å². The minimum atomic E-state index is -4.70. The number of carbonyl (C=O) groups is 1. The van der Waals surface area contributed by atoms with Gasteiger partial charge in [0.15, 0.2) is 11.3 Å². The maximum absolute atomic E-state index is 13.6. The van der Waals surface area contributed by atoms with Crippen LogP contribution in [0.5, 0.6) is 0 Å². The Hall–Kier alpha value is -3.20. The van der Waals surface area contributed by atoms with Crippen molar-refractivity contribution in [3.8, 4) is 11.3 Å². The number of rotatable bonds is 4. The van der Waals surface area contributed by atoms with Gasteiger partial charge in [-0.15, -0.1) is 0 Å². The lowest BCUT2D eigenvalue weighted by Crippen LogP contribution is -2.24. The molecule has 1 N–H and O–H groups in total. The normalized spacial score (nSPS) is 11.9. The minimum Gasteiger partial charge on any atom is -0.464 e. The lowest BCUT2D eigenvalue weighted by molar-refractivity contribution is -0.136. The van der Waals surface area contributed by atoms with Crippen molar-refractivity contribution >= 4 is 23.2 Å². The molecule has 0 aliphatic heterocycles. The summed E-state index contributed by atoms with van der Waals surface area (Å²) in [6.45, 7) is 0.177. The molecule has 1 amide bonds. The molecule has 0 fully saturated rings. The van der Waals surface area contributed by atoms with Gasteiger partial charge < -0.3 is 14.3 Å². The van der Waals surface area contributed by atoms with Crippen molar-refractivity contribution in [3.05, 3.63) is 71.1 Å². The number of furan rings is 1. The van der Waals surface area contributed by atoms with Crippen molar-refractivity contribution in [1.29, 1.82) is 0 Å². The highest BCUT2D eigenvalue weighted by atomic mass is 35.5.